The van der Waals surface area contributed by atoms with Gasteiger partial charge in [-0.15, -0.1) is 0 Å². The largest absolute Gasteiger partial charge is 0.478 e. The first kappa shape index (κ1) is 28.1. The zero-order valence-electron chi connectivity index (χ0n) is 21.5. The van der Waals surface area contributed by atoms with E-state index in [0.717, 1.165) is 25.8 Å². The second-order valence-corrected chi connectivity index (χ2v) is 11.0. The van der Waals surface area contributed by atoms with E-state index >= 15 is 0 Å². The minimum absolute atomic E-state index is 0.00490. The molecular weight excluding hydrogens is 406 g/mol. The second kappa shape index (κ2) is 11.8. The molecule has 0 bridgehead atoms. The van der Waals surface area contributed by atoms with E-state index in [2.05, 4.69) is 36.3 Å². The summed E-state index contributed by atoms with van der Waals surface area (Å²) in [5.41, 5.74) is -0.323. The number of carbonyl (C=O) groups is 3. The third-order valence-corrected chi connectivity index (χ3v) is 6.54. The molecule has 0 aromatic heterocycles. The monoisotopic (exact) mass is 451 g/mol. The van der Waals surface area contributed by atoms with Crippen molar-refractivity contribution in [1.29, 1.82) is 0 Å². The minimum atomic E-state index is -1.01. The number of aliphatic carboxylic acids is 1. The number of nitrogens with one attached hydrogen (secondary N) is 2. The van der Waals surface area contributed by atoms with Gasteiger partial charge in [-0.2, -0.15) is 0 Å². The van der Waals surface area contributed by atoms with Gasteiger partial charge in [-0.05, 0) is 50.5 Å². The fourth-order valence-corrected chi connectivity index (χ4v) is 4.01. The van der Waals surface area contributed by atoms with Gasteiger partial charge in [-0.1, -0.05) is 61.0 Å². The van der Waals surface area contributed by atoms with E-state index in [9.17, 15) is 19.5 Å². The number of nitrogens with zero attached hydrogens (tertiary/aromatic N) is 1. The quantitative estimate of drug-likeness (QED) is 0.465. The standard InChI is InChI=1S/C25H45N3O4/c1-15(2)18(6)28-13-11-10-12-20(28)22(29)27-21(25(7,8)9)23(30)26-19(16(3)4)14-17(5)24(31)32/h14-16,18-21H,10-13H2,1-9H3,(H,26,30)(H,27,29)(H,31,32)/b17-14+/t18?,19-,20-,21?/m1/s1. The molecule has 0 aliphatic carbocycles. The number of carbonyl (C=O) groups excluding carboxylic acids is 2. The van der Waals surface area contributed by atoms with Crippen LogP contribution in [0, 0.1) is 17.3 Å². The number of hydrogen-bond donors (Lipinski definition) is 3. The van der Waals surface area contributed by atoms with Gasteiger partial charge in [0.2, 0.25) is 11.8 Å². The Morgan fingerprint density at radius 2 is 1.59 bits per heavy atom. The van der Waals surface area contributed by atoms with Crippen LogP contribution in [0.1, 0.15) is 81.6 Å². The van der Waals surface area contributed by atoms with Gasteiger partial charge in [0.15, 0.2) is 0 Å². The molecule has 2 amide bonds. The highest BCUT2D eigenvalue weighted by molar-refractivity contribution is 5.91. The van der Waals surface area contributed by atoms with Gasteiger partial charge in [0.1, 0.15) is 6.04 Å². The molecule has 4 atom stereocenters. The Morgan fingerprint density at radius 1 is 1.00 bits per heavy atom. The zero-order chi connectivity index (χ0) is 24.8. The molecule has 0 saturated carbocycles. The summed E-state index contributed by atoms with van der Waals surface area (Å²) in [5, 5.41) is 15.2. The average molecular weight is 452 g/mol. The van der Waals surface area contributed by atoms with E-state index in [1.165, 1.54) is 6.92 Å². The van der Waals surface area contributed by atoms with Gasteiger partial charge in [-0.3, -0.25) is 14.5 Å². The van der Waals surface area contributed by atoms with Gasteiger partial charge in [0.05, 0.1) is 12.1 Å². The van der Waals surface area contributed by atoms with Crippen molar-refractivity contribution < 1.29 is 19.5 Å². The first-order valence-corrected chi connectivity index (χ1v) is 11.9. The molecule has 0 spiro atoms. The van der Waals surface area contributed by atoms with Gasteiger partial charge < -0.3 is 15.7 Å². The highest BCUT2D eigenvalue weighted by atomic mass is 16.4. The van der Waals surface area contributed by atoms with E-state index in [0.29, 0.717) is 5.92 Å². The predicted octanol–water partition coefficient (Wildman–Crippen LogP) is 3.59. The lowest BCUT2D eigenvalue weighted by atomic mass is 9.85. The van der Waals surface area contributed by atoms with Crippen molar-refractivity contribution in [3.05, 3.63) is 11.6 Å². The van der Waals surface area contributed by atoms with Crippen molar-refractivity contribution in [3.63, 3.8) is 0 Å². The normalized spacial score (nSPS) is 21.2. The van der Waals surface area contributed by atoms with Crippen molar-refractivity contribution >= 4 is 17.8 Å². The molecule has 1 aliphatic rings. The summed E-state index contributed by atoms with van der Waals surface area (Å²) in [6, 6.07) is -1.13. The number of rotatable bonds is 9. The fourth-order valence-electron chi connectivity index (χ4n) is 4.01. The van der Waals surface area contributed by atoms with Crippen LogP contribution < -0.4 is 10.6 Å². The Morgan fingerprint density at radius 3 is 2.06 bits per heavy atom. The summed E-state index contributed by atoms with van der Waals surface area (Å²) in [6.45, 7) is 18.5. The molecule has 7 heteroatoms. The lowest BCUT2D eigenvalue weighted by Gasteiger charge is -2.42. The number of amides is 2. The molecule has 1 fully saturated rings. The van der Waals surface area contributed by atoms with E-state index < -0.39 is 23.5 Å². The van der Waals surface area contributed by atoms with Crippen LogP contribution in [0.2, 0.25) is 0 Å². The molecule has 1 rings (SSSR count). The van der Waals surface area contributed by atoms with Gasteiger partial charge in [-0.25, -0.2) is 4.79 Å². The highest BCUT2D eigenvalue weighted by Crippen LogP contribution is 2.25. The predicted molar refractivity (Wildman–Crippen MR) is 128 cm³/mol. The maximum absolute atomic E-state index is 13.4. The van der Waals surface area contributed by atoms with Crippen molar-refractivity contribution in [2.24, 2.45) is 17.3 Å². The maximum Gasteiger partial charge on any atom is 0.331 e. The Bertz CT molecular complexity index is 694. The van der Waals surface area contributed by atoms with Crippen LogP contribution in [-0.2, 0) is 14.4 Å². The van der Waals surface area contributed by atoms with Gasteiger partial charge in [0, 0.05) is 11.6 Å². The Labute approximate surface area is 194 Å². The van der Waals surface area contributed by atoms with Crippen molar-refractivity contribution in [1.82, 2.24) is 15.5 Å². The third-order valence-electron chi connectivity index (χ3n) is 6.54. The lowest BCUT2D eigenvalue weighted by molar-refractivity contribution is -0.136. The average Bonchev–Trinajstić information content (AvgIpc) is 2.69. The molecule has 7 nitrogen and oxygen atoms in total. The van der Waals surface area contributed by atoms with Crippen LogP contribution in [0.3, 0.4) is 0 Å². The minimum Gasteiger partial charge on any atom is -0.478 e. The molecule has 0 aromatic carbocycles. The summed E-state index contributed by atoms with van der Waals surface area (Å²) < 4.78 is 0. The topological polar surface area (TPSA) is 98.7 Å². The summed E-state index contributed by atoms with van der Waals surface area (Å²) in [6.07, 6.45) is 4.44. The second-order valence-electron chi connectivity index (χ2n) is 11.0. The Balaban J connectivity index is 3.07. The molecule has 1 heterocycles. The molecule has 1 aliphatic heterocycles. The van der Waals surface area contributed by atoms with Gasteiger partial charge in [0.25, 0.3) is 0 Å². The van der Waals surface area contributed by atoms with Crippen molar-refractivity contribution in [2.45, 2.75) is 106 Å². The van der Waals surface area contributed by atoms with Crippen molar-refractivity contribution in [3.8, 4) is 0 Å². The Kier molecular flexibility index (Phi) is 10.4. The third kappa shape index (κ3) is 7.91. The Hall–Kier alpha value is -1.89. The lowest BCUT2D eigenvalue weighted by Crippen LogP contribution is -2.61. The van der Waals surface area contributed by atoms with E-state index in [1.807, 2.05) is 34.6 Å². The highest BCUT2D eigenvalue weighted by Gasteiger charge is 2.38. The summed E-state index contributed by atoms with van der Waals surface area (Å²) in [7, 11) is 0. The first-order chi connectivity index (χ1) is 14.7. The number of hydrogen-bond acceptors (Lipinski definition) is 4. The SMILES string of the molecule is C/C(=C\[C@@H](NC(=O)C(NC(=O)[C@H]1CCCCN1C(C)C(C)C)C(C)(C)C)C(C)C)C(=O)O. The fraction of sp³-hybridized carbons (Fsp3) is 0.800. The number of piperidine rings is 1. The number of likely N-dealkylation sites (tertiary alicyclic amines) is 1. The molecule has 0 radical (unpaired) electrons. The molecule has 32 heavy (non-hydrogen) atoms. The zero-order valence-corrected chi connectivity index (χ0v) is 21.5. The summed E-state index contributed by atoms with van der Waals surface area (Å²) in [4.78, 5) is 40.2. The number of carboxylic acids is 1. The van der Waals surface area contributed by atoms with Gasteiger partial charge >= 0.3 is 5.97 Å². The maximum atomic E-state index is 13.4. The first-order valence-electron chi connectivity index (χ1n) is 11.9. The van der Waals surface area contributed by atoms with Crippen LogP contribution in [0.4, 0.5) is 0 Å². The van der Waals surface area contributed by atoms with Crippen LogP contribution >= 0.6 is 0 Å². The molecule has 184 valence electrons. The van der Waals surface area contributed by atoms with Crippen LogP contribution in [-0.4, -0.2) is 58.5 Å². The van der Waals surface area contributed by atoms with Crippen LogP contribution in [0.25, 0.3) is 0 Å². The van der Waals surface area contributed by atoms with Crippen LogP contribution in [0.15, 0.2) is 11.6 Å². The molecule has 3 N–H and O–H groups in total. The van der Waals surface area contributed by atoms with E-state index in [1.54, 1.807) is 6.08 Å². The van der Waals surface area contributed by atoms with Crippen LogP contribution in [0.5, 0.6) is 0 Å². The number of carboxylic acid groups (broad SMARTS) is 1. The molecule has 2 unspecified atom stereocenters. The van der Waals surface area contributed by atoms with E-state index in [-0.39, 0.29) is 35.4 Å². The molecule has 0 aromatic rings. The van der Waals surface area contributed by atoms with E-state index in [4.69, 9.17) is 0 Å². The smallest absolute Gasteiger partial charge is 0.331 e. The molecular formula is C25H45N3O4. The summed E-state index contributed by atoms with van der Waals surface area (Å²) in [5.74, 6) is -0.974. The summed E-state index contributed by atoms with van der Waals surface area (Å²) >= 11 is 0. The molecule has 1 saturated heterocycles. The van der Waals surface area contributed by atoms with Crippen molar-refractivity contribution in [2.75, 3.05) is 6.54 Å².